The number of fused-ring (bicyclic) bond motifs is 1. The Morgan fingerprint density at radius 1 is 0.784 bits per heavy atom. The average Bonchev–Trinajstić information content (AvgIpc) is 2.88. The predicted octanol–water partition coefficient (Wildman–Crippen LogP) is 6.84. The number of ether oxygens (including phenoxy) is 1. The van der Waals surface area contributed by atoms with Gasteiger partial charge in [0, 0.05) is 16.5 Å². The summed E-state index contributed by atoms with van der Waals surface area (Å²) in [4.78, 5) is 41.5. The van der Waals surface area contributed by atoms with E-state index in [1.54, 1.807) is 82.3 Å². The van der Waals surface area contributed by atoms with E-state index in [2.05, 4.69) is 5.32 Å². The van der Waals surface area contributed by atoms with Gasteiger partial charge in [-0.2, -0.15) is 0 Å². The van der Waals surface area contributed by atoms with Crippen LogP contribution in [0.5, 0.6) is 0 Å². The molecular weight excluding hydrogens is 464 g/mol. The van der Waals surface area contributed by atoms with Crippen LogP contribution in [0.25, 0.3) is 10.8 Å². The van der Waals surface area contributed by atoms with E-state index >= 15 is 0 Å². The summed E-state index contributed by atoms with van der Waals surface area (Å²) in [5.41, 5.74) is 1.05. The van der Waals surface area contributed by atoms with Gasteiger partial charge in [0.05, 0.1) is 11.4 Å². The predicted molar refractivity (Wildman–Crippen MR) is 147 cm³/mol. The van der Waals surface area contributed by atoms with Gasteiger partial charge in [-0.1, -0.05) is 78.9 Å². The Balaban J connectivity index is 1.69. The molecule has 0 aliphatic rings. The minimum atomic E-state index is -0.944. The number of hydrogen-bond donors (Lipinski definition) is 1. The monoisotopic (exact) mass is 494 g/mol. The maximum Gasteiger partial charge on any atom is 0.415 e. The Kier molecular flexibility index (Phi) is 7.39. The van der Waals surface area contributed by atoms with E-state index in [9.17, 15) is 14.4 Å². The lowest BCUT2D eigenvalue weighted by Gasteiger charge is -2.32. The van der Waals surface area contributed by atoms with Crippen molar-refractivity contribution in [1.29, 1.82) is 0 Å². The van der Waals surface area contributed by atoms with Crippen LogP contribution in [-0.4, -0.2) is 29.4 Å². The number of amides is 2. The summed E-state index contributed by atoms with van der Waals surface area (Å²) in [5, 5.41) is 4.61. The number of rotatable bonds is 6. The van der Waals surface area contributed by atoms with Gasteiger partial charge < -0.3 is 10.1 Å². The second-order valence-electron chi connectivity index (χ2n) is 9.75. The van der Waals surface area contributed by atoms with Gasteiger partial charge in [-0.15, -0.1) is 0 Å². The zero-order valence-corrected chi connectivity index (χ0v) is 21.4. The van der Waals surface area contributed by atoms with Crippen molar-refractivity contribution in [3.05, 3.63) is 108 Å². The molecule has 4 aromatic carbocycles. The number of carbonyl (C=O) groups excluding carboxylic acids is 3. The largest absolute Gasteiger partial charge is 0.443 e. The highest BCUT2D eigenvalue weighted by molar-refractivity contribution is 6.15. The molecule has 4 aromatic rings. The first-order chi connectivity index (χ1) is 17.7. The Labute approximate surface area is 216 Å². The van der Waals surface area contributed by atoms with Crippen LogP contribution in [-0.2, 0) is 9.53 Å². The number of anilines is 2. The van der Waals surface area contributed by atoms with Crippen molar-refractivity contribution in [2.75, 3.05) is 10.2 Å². The number of nitrogens with zero attached hydrogens (tertiary/aromatic N) is 1. The van der Waals surface area contributed by atoms with Crippen molar-refractivity contribution < 1.29 is 19.1 Å². The molecule has 6 nitrogen and oxygen atoms in total. The number of para-hydroxylation sites is 1. The Morgan fingerprint density at radius 3 is 2.14 bits per heavy atom. The molecule has 1 N–H and O–H groups in total. The van der Waals surface area contributed by atoms with Gasteiger partial charge in [0.1, 0.15) is 11.6 Å². The first kappa shape index (κ1) is 25.6. The van der Waals surface area contributed by atoms with Gasteiger partial charge >= 0.3 is 6.09 Å². The average molecular weight is 495 g/mol. The van der Waals surface area contributed by atoms with E-state index in [0.717, 1.165) is 10.8 Å². The molecule has 0 aliphatic carbocycles. The fraction of sp³-hybridized carbons (Fsp3) is 0.194. The van der Waals surface area contributed by atoms with Crippen molar-refractivity contribution in [2.24, 2.45) is 0 Å². The van der Waals surface area contributed by atoms with Crippen molar-refractivity contribution in [3.63, 3.8) is 0 Å². The first-order valence-electron chi connectivity index (χ1n) is 12.2. The number of benzene rings is 4. The lowest BCUT2D eigenvalue weighted by Crippen LogP contribution is -2.48. The van der Waals surface area contributed by atoms with Gasteiger partial charge in [0.25, 0.3) is 0 Å². The van der Waals surface area contributed by atoms with Crippen LogP contribution in [0.15, 0.2) is 97.1 Å². The normalized spacial score (nSPS) is 12.0. The van der Waals surface area contributed by atoms with Crippen molar-refractivity contribution >= 4 is 39.9 Å². The molecule has 6 heteroatoms. The quantitative estimate of drug-likeness (QED) is 0.298. The lowest BCUT2D eigenvalue weighted by molar-refractivity contribution is -0.117. The second-order valence-corrected chi connectivity index (χ2v) is 9.75. The van der Waals surface area contributed by atoms with Gasteiger partial charge in [-0.3, -0.25) is 14.5 Å². The SMILES string of the molecule is C[C@@H](C(=O)Nc1ccccc1C(=O)c1ccccc1)N(C(=O)OC(C)(C)C)c1cccc2ccccc12. The number of carbonyl (C=O) groups is 3. The molecular formula is C31H30N2O4. The van der Waals surface area contributed by atoms with E-state index in [1.807, 2.05) is 42.5 Å². The summed E-state index contributed by atoms with van der Waals surface area (Å²) in [7, 11) is 0. The molecule has 2 amide bonds. The van der Waals surface area contributed by atoms with Crippen LogP contribution in [0.2, 0.25) is 0 Å². The van der Waals surface area contributed by atoms with Crippen molar-refractivity contribution in [2.45, 2.75) is 39.3 Å². The van der Waals surface area contributed by atoms with E-state index in [0.29, 0.717) is 22.5 Å². The highest BCUT2D eigenvalue weighted by Crippen LogP contribution is 2.30. The fourth-order valence-electron chi connectivity index (χ4n) is 4.08. The minimum absolute atomic E-state index is 0.206. The van der Waals surface area contributed by atoms with Gasteiger partial charge in [-0.25, -0.2) is 4.79 Å². The van der Waals surface area contributed by atoms with Crippen molar-refractivity contribution in [3.8, 4) is 0 Å². The van der Waals surface area contributed by atoms with Crippen LogP contribution >= 0.6 is 0 Å². The fourth-order valence-corrected chi connectivity index (χ4v) is 4.08. The topological polar surface area (TPSA) is 75.7 Å². The lowest BCUT2D eigenvalue weighted by atomic mass is 10.0. The van der Waals surface area contributed by atoms with Gasteiger partial charge in [0.15, 0.2) is 5.78 Å². The molecule has 37 heavy (non-hydrogen) atoms. The summed E-state index contributed by atoms with van der Waals surface area (Å²) < 4.78 is 5.70. The molecule has 0 fully saturated rings. The summed E-state index contributed by atoms with van der Waals surface area (Å²) >= 11 is 0. The van der Waals surface area contributed by atoms with Crippen molar-refractivity contribution in [1.82, 2.24) is 0 Å². The third-order valence-corrected chi connectivity index (χ3v) is 5.85. The summed E-state index contributed by atoms with van der Waals surface area (Å²) in [5.74, 6) is -0.658. The zero-order chi connectivity index (χ0) is 26.6. The van der Waals surface area contributed by atoms with E-state index in [1.165, 1.54) is 4.90 Å². The summed E-state index contributed by atoms with van der Waals surface area (Å²) in [6.45, 7) is 6.98. The highest BCUT2D eigenvalue weighted by atomic mass is 16.6. The Bertz CT molecular complexity index is 1440. The van der Waals surface area contributed by atoms with Crippen LogP contribution < -0.4 is 10.2 Å². The number of hydrogen-bond acceptors (Lipinski definition) is 4. The first-order valence-corrected chi connectivity index (χ1v) is 12.2. The third kappa shape index (κ3) is 5.86. The standard InChI is InChI=1S/C31H30N2O4/c1-21(29(35)32-26-19-11-10-18-25(26)28(34)23-14-6-5-7-15-23)33(30(36)37-31(2,3)4)27-20-12-16-22-13-8-9-17-24(22)27/h5-21H,1-4H3,(H,32,35)/t21-/m0/s1. The molecule has 0 heterocycles. The molecule has 188 valence electrons. The van der Waals surface area contributed by atoms with E-state index in [4.69, 9.17) is 4.74 Å². The molecule has 0 aromatic heterocycles. The molecule has 0 bridgehead atoms. The molecule has 0 aliphatic heterocycles. The molecule has 0 unspecified atom stereocenters. The zero-order valence-electron chi connectivity index (χ0n) is 21.4. The highest BCUT2D eigenvalue weighted by Gasteiger charge is 2.33. The Hall–Kier alpha value is -4.45. The second kappa shape index (κ2) is 10.7. The maximum atomic E-state index is 13.6. The van der Waals surface area contributed by atoms with Crippen LogP contribution in [0.1, 0.15) is 43.6 Å². The van der Waals surface area contributed by atoms with Crippen LogP contribution in [0.3, 0.4) is 0 Å². The Morgan fingerprint density at radius 2 is 1.41 bits per heavy atom. The minimum Gasteiger partial charge on any atom is -0.443 e. The molecule has 0 radical (unpaired) electrons. The molecule has 4 rings (SSSR count). The third-order valence-electron chi connectivity index (χ3n) is 5.85. The number of ketones is 1. The van der Waals surface area contributed by atoms with Gasteiger partial charge in [-0.05, 0) is 51.3 Å². The van der Waals surface area contributed by atoms with Crippen LogP contribution in [0, 0.1) is 0 Å². The molecule has 0 saturated heterocycles. The van der Waals surface area contributed by atoms with Crippen LogP contribution in [0.4, 0.5) is 16.2 Å². The van der Waals surface area contributed by atoms with E-state index in [-0.39, 0.29) is 5.78 Å². The number of nitrogens with one attached hydrogen (secondary N) is 1. The van der Waals surface area contributed by atoms with Gasteiger partial charge in [0.2, 0.25) is 5.91 Å². The molecule has 0 saturated carbocycles. The molecule has 0 spiro atoms. The summed E-state index contributed by atoms with van der Waals surface area (Å²) in [6, 6.07) is 28.0. The summed E-state index contributed by atoms with van der Waals surface area (Å²) in [6.07, 6.45) is -0.639. The molecule has 1 atom stereocenters. The smallest absolute Gasteiger partial charge is 0.415 e. The maximum absolute atomic E-state index is 13.6. The van der Waals surface area contributed by atoms with E-state index < -0.39 is 23.6 Å².